The van der Waals surface area contributed by atoms with Crippen LogP contribution in [0, 0.1) is 0 Å². The van der Waals surface area contributed by atoms with E-state index >= 15 is 0 Å². The standard InChI is InChI=1S/C19H18N2O4/c1-3-24-16-10-5-4-9-15(16)21-19(22)17-18(25-12-20-17)13-7-6-8-14(11-13)23-2/h4-12H,3H2,1-2H3,(H,21,22). The van der Waals surface area contributed by atoms with Crippen LogP contribution in [0.25, 0.3) is 11.3 Å². The van der Waals surface area contributed by atoms with Crippen LogP contribution in [-0.2, 0) is 0 Å². The second-order valence-electron chi connectivity index (χ2n) is 5.15. The third-order valence-electron chi connectivity index (χ3n) is 3.55. The lowest BCUT2D eigenvalue weighted by Crippen LogP contribution is -2.14. The van der Waals surface area contributed by atoms with Crippen molar-refractivity contribution in [1.29, 1.82) is 0 Å². The summed E-state index contributed by atoms with van der Waals surface area (Å²) in [7, 11) is 1.58. The molecule has 1 aromatic heterocycles. The van der Waals surface area contributed by atoms with Crippen molar-refractivity contribution in [1.82, 2.24) is 4.98 Å². The average Bonchev–Trinajstić information content (AvgIpc) is 3.13. The number of carbonyl (C=O) groups is 1. The molecular weight excluding hydrogens is 320 g/mol. The molecule has 1 amide bonds. The molecule has 0 aliphatic heterocycles. The molecule has 2 aromatic carbocycles. The summed E-state index contributed by atoms with van der Waals surface area (Å²) in [5, 5.41) is 2.82. The summed E-state index contributed by atoms with van der Waals surface area (Å²) in [4.78, 5) is 16.7. The van der Waals surface area contributed by atoms with Crippen LogP contribution in [-0.4, -0.2) is 24.6 Å². The molecule has 3 aromatic rings. The molecule has 0 saturated carbocycles. The molecule has 0 atom stereocenters. The van der Waals surface area contributed by atoms with Gasteiger partial charge in [0.2, 0.25) is 0 Å². The van der Waals surface area contributed by atoms with Gasteiger partial charge in [0.15, 0.2) is 17.8 Å². The van der Waals surface area contributed by atoms with E-state index in [1.165, 1.54) is 6.39 Å². The predicted molar refractivity (Wildman–Crippen MR) is 94.1 cm³/mol. The molecule has 128 valence electrons. The van der Waals surface area contributed by atoms with Crippen LogP contribution >= 0.6 is 0 Å². The molecular formula is C19H18N2O4. The molecule has 0 spiro atoms. The summed E-state index contributed by atoms with van der Waals surface area (Å²) in [5.41, 5.74) is 1.48. The van der Waals surface area contributed by atoms with Crippen molar-refractivity contribution in [2.75, 3.05) is 19.0 Å². The third kappa shape index (κ3) is 3.63. The van der Waals surface area contributed by atoms with Crippen molar-refractivity contribution in [3.63, 3.8) is 0 Å². The minimum atomic E-state index is -0.376. The molecule has 6 nitrogen and oxygen atoms in total. The zero-order chi connectivity index (χ0) is 17.6. The normalized spacial score (nSPS) is 10.3. The lowest BCUT2D eigenvalue weighted by molar-refractivity contribution is 0.102. The first-order valence-electron chi connectivity index (χ1n) is 7.84. The number of benzene rings is 2. The summed E-state index contributed by atoms with van der Waals surface area (Å²) >= 11 is 0. The number of aromatic nitrogens is 1. The zero-order valence-electron chi connectivity index (χ0n) is 14.0. The van der Waals surface area contributed by atoms with Crippen molar-refractivity contribution in [3.8, 4) is 22.8 Å². The summed E-state index contributed by atoms with van der Waals surface area (Å²) < 4.78 is 16.2. The van der Waals surface area contributed by atoms with Crippen LogP contribution in [0.1, 0.15) is 17.4 Å². The van der Waals surface area contributed by atoms with Gasteiger partial charge in [-0.05, 0) is 31.2 Å². The maximum atomic E-state index is 12.7. The molecule has 25 heavy (non-hydrogen) atoms. The van der Waals surface area contributed by atoms with Crippen molar-refractivity contribution in [3.05, 3.63) is 60.6 Å². The first-order valence-corrected chi connectivity index (χ1v) is 7.84. The van der Waals surface area contributed by atoms with Crippen molar-refractivity contribution in [2.24, 2.45) is 0 Å². The largest absolute Gasteiger partial charge is 0.497 e. The fraction of sp³-hybridized carbons (Fsp3) is 0.158. The summed E-state index contributed by atoms with van der Waals surface area (Å²) in [5.74, 6) is 1.27. The molecule has 0 radical (unpaired) electrons. The number of oxazole rings is 1. The lowest BCUT2D eigenvalue weighted by atomic mass is 10.1. The number of ether oxygens (including phenoxy) is 2. The highest BCUT2D eigenvalue weighted by Crippen LogP contribution is 2.29. The third-order valence-corrected chi connectivity index (χ3v) is 3.55. The second-order valence-corrected chi connectivity index (χ2v) is 5.15. The topological polar surface area (TPSA) is 73.6 Å². The fourth-order valence-corrected chi connectivity index (χ4v) is 2.41. The van der Waals surface area contributed by atoms with Gasteiger partial charge < -0.3 is 19.2 Å². The SMILES string of the molecule is CCOc1ccccc1NC(=O)c1ncoc1-c1cccc(OC)c1. The Morgan fingerprint density at radius 1 is 1.20 bits per heavy atom. The summed E-state index contributed by atoms with van der Waals surface area (Å²) in [6.07, 6.45) is 1.25. The molecule has 0 fully saturated rings. The van der Waals surface area contributed by atoms with Gasteiger partial charge in [0.05, 0.1) is 19.4 Å². The minimum Gasteiger partial charge on any atom is -0.497 e. The van der Waals surface area contributed by atoms with Crippen molar-refractivity contribution < 1.29 is 18.7 Å². The predicted octanol–water partition coefficient (Wildman–Crippen LogP) is 4.00. The van der Waals surface area contributed by atoms with E-state index < -0.39 is 0 Å². The number of rotatable bonds is 6. The van der Waals surface area contributed by atoms with E-state index in [-0.39, 0.29) is 11.6 Å². The molecule has 1 heterocycles. The van der Waals surface area contributed by atoms with Gasteiger partial charge in [-0.25, -0.2) is 4.98 Å². The highest BCUT2D eigenvalue weighted by molar-refractivity contribution is 6.07. The number of anilines is 1. The van der Waals surface area contributed by atoms with Crippen LogP contribution in [0.4, 0.5) is 5.69 Å². The van der Waals surface area contributed by atoms with Gasteiger partial charge in [0.1, 0.15) is 11.5 Å². The van der Waals surface area contributed by atoms with E-state index in [0.717, 1.165) is 0 Å². The number of hydrogen-bond donors (Lipinski definition) is 1. The van der Waals surface area contributed by atoms with E-state index in [0.29, 0.717) is 35.1 Å². The number of amides is 1. The average molecular weight is 338 g/mol. The van der Waals surface area contributed by atoms with E-state index in [2.05, 4.69) is 10.3 Å². The van der Waals surface area contributed by atoms with Crippen LogP contribution in [0.15, 0.2) is 59.3 Å². The quantitative estimate of drug-likeness (QED) is 0.735. The minimum absolute atomic E-state index is 0.194. The van der Waals surface area contributed by atoms with E-state index in [1.54, 1.807) is 25.3 Å². The van der Waals surface area contributed by atoms with Gasteiger partial charge >= 0.3 is 0 Å². The Bertz CT molecular complexity index is 873. The Labute approximate surface area is 145 Å². The van der Waals surface area contributed by atoms with Crippen LogP contribution in [0.2, 0.25) is 0 Å². The number of methoxy groups -OCH3 is 1. The maximum Gasteiger partial charge on any atom is 0.278 e. The molecule has 0 unspecified atom stereocenters. The molecule has 6 heteroatoms. The monoisotopic (exact) mass is 338 g/mol. The van der Waals surface area contributed by atoms with E-state index in [4.69, 9.17) is 13.9 Å². The first kappa shape index (κ1) is 16.6. The molecule has 0 aliphatic carbocycles. The van der Waals surface area contributed by atoms with E-state index in [9.17, 15) is 4.79 Å². The smallest absolute Gasteiger partial charge is 0.278 e. The van der Waals surface area contributed by atoms with Gasteiger partial charge in [-0.1, -0.05) is 24.3 Å². The Balaban J connectivity index is 1.88. The fourth-order valence-electron chi connectivity index (χ4n) is 2.41. The van der Waals surface area contributed by atoms with Crippen molar-refractivity contribution in [2.45, 2.75) is 6.92 Å². The molecule has 1 N–H and O–H groups in total. The zero-order valence-corrected chi connectivity index (χ0v) is 14.0. The van der Waals surface area contributed by atoms with Gasteiger partial charge in [0.25, 0.3) is 5.91 Å². The molecule has 3 rings (SSSR count). The lowest BCUT2D eigenvalue weighted by Gasteiger charge is -2.10. The van der Waals surface area contributed by atoms with E-state index in [1.807, 2.05) is 37.3 Å². The molecule has 0 saturated heterocycles. The van der Waals surface area contributed by atoms with Gasteiger partial charge in [-0.2, -0.15) is 0 Å². The van der Waals surface area contributed by atoms with Gasteiger partial charge in [0, 0.05) is 5.56 Å². The summed E-state index contributed by atoms with van der Waals surface area (Å²) in [6.45, 7) is 2.39. The van der Waals surface area contributed by atoms with Crippen LogP contribution < -0.4 is 14.8 Å². The number of carbonyl (C=O) groups excluding carboxylic acids is 1. The number of hydrogen-bond acceptors (Lipinski definition) is 5. The van der Waals surface area contributed by atoms with Crippen LogP contribution in [0.3, 0.4) is 0 Å². The van der Waals surface area contributed by atoms with Gasteiger partial charge in [-0.15, -0.1) is 0 Å². The first-order chi connectivity index (χ1) is 12.2. The number of nitrogens with zero attached hydrogens (tertiary/aromatic N) is 1. The molecule has 0 aliphatic rings. The Hall–Kier alpha value is -3.28. The van der Waals surface area contributed by atoms with Gasteiger partial charge in [-0.3, -0.25) is 4.79 Å². The van der Waals surface area contributed by atoms with Crippen LogP contribution in [0.5, 0.6) is 11.5 Å². The Morgan fingerprint density at radius 3 is 2.84 bits per heavy atom. The Kier molecular flexibility index (Phi) is 4.99. The number of para-hydroxylation sites is 2. The van der Waals surface area contributed by atoms with Crippen molar-refractivity contribution >= 4 is 11.6 Å². The highest BCUT2D eigenvalue weighted by atomic mass is 16.5. The Morgan fingerprint density at radius 2 is 2.04 bits per heavy atom. The highest BCUT2D eigenvalue weighted by Gasteiger charge is 2.20. The second kappa shape index (κ2) is 7.53. The number of nitrogens with one attached hydrogen (secondary N) is 1. The maximum absolute atomic E-state index is 12.7. The summed E-state index contributed by atoms with van der Waals surface area (Å²) in [6, 6.07) is 14.5. The molecule has 0 bridgehead atoms.